The monoisotopic (exact) mass is 389 g/mol. The van der Waals surface area contributed by atoms with E-state index in [1.54, 1.807) is 10.7 Å². The largest absolute Gasteiger partial charge is 0.369 e. The summed E-state index contributed by atoms with van der Waals surface area (Å²) < 4.78 is 1.67. The summed E-state index contributed by atoms with van der Waals surface area (Å²) in [6, 6.07) is 13.2. The molecule has 1 aromatic carbocycles. The standard InChI is InChI=1S/C21H23N7O/c1-14-10-18(28(27-14)15-8-6-5-7-9-15)26-20(29)16-12-23-17(11-22)25-19(16)24-13-21(2,3)4/h5-10,12H,13H2,1-4H3,(H,26,29)(H,23,24,25). The maximum atomic E-state index is 13.0. The highest BCUT2D eigenvalue weighted by atomic mass is 16.1. The number of rotatable bonds is 5. The van der Waals surface area contributed by atoms with Crippen molar-refractivity contribution in [1.82, 2.24) is 19.7 Å². The highest BCUT2D eigenvalue weighted by Gasteiger charge is 2.19. The molecule has 148 valence electrons. The second kappa shape index (κ2) is 8.10. The number of aryl methyl sites for hydroxylation is 1. The number of hydrogen-bond donors (Lipinski definition) is 2. The molecule has 3 aromatic rings. The van der Waals surface area contributed by atoms with E-state index in [-0.39, 0.29) is 22.7 Å². The van der Waals surface area contributed by atoms with E-state index in [1.807, 2.05) is 43.3 Å². The van der Waals surface area contributed by atoms with Crippen molar-refractivity contribution < 1.29 is 4.79 Å². The number of hydrogen-bond acceptors (Lipinski definition) is 6. The Hall–Kier alpha value is -3.73. The second-order valence-corrected chi connectivity index (χ2v) is 7.85. The molecule has 0 radical (unpaired) electrons. The molecule has 8 heteroatoms. The lowest BCUT2D eigenvalue weighted by Crippen LogP contribution is -2.23. The summed E-state index contributed by atoms with van der Waals surface area (Å²) in [6.07, 6.45) is 1.36. The predicted molar refractivity (Wildman–Crippen MR) is 111 cm³/mol. The fourth-order valence-electron chi connectivity index (χ4n) is 2.62. The van der Waals surface area contributed by atoms with Gasteiger partial charge < -0.3 is 10.6 Å². The van der Waals surface area contributed by atoms with E-state index in [1.165, 1.54) is 6.20 Å². The number of carbonyl (C=O) groups is 1. The molecular weight excluding hydrogens is 366 g/mol. The van der Waals surface area contributed by atoms with Crippen molar-refractivity contribution in [3.63, 3.8) is 0 Å². The summed E-state index contributed by atoms with van der Waals surface area (Å²) in [5.41, 5.74) is 1.82. The number of carbonyl (C=O) groups excluding carboxylic acids is 1. The van der Waals surface area contributed by atoms with Crippen LogP contribution in [-0.4, -0.2) is 32.2 Å². The first-order valence-electron chi connectivity index (χ1n) is 9.21. The van der Waals surface area contributed by atoms with Crippen LogP contribution >= 0.6 is 0 Å². The molecule has 0 bridgehead atoms. The van der Waals surface area contributed by atoms with E-state index in [4.69, 9.17) is 5.26 Å². The van der Waals surface area contributed by atoms with E-state index in [2.05, 4.69) is 46.5 Å². The van der Waals surface area contributed by atoms with Crippen LogP contribution in [-0.2, 0) is 0 Å². The lowest BCUT2D eigenvalue weighted by atomic mass is 9.97. The van der Waals surface area contributed by atoms with Crippen LogP contribution in [0.5, 0.6) is 0 Å². The average molecular weight is 389 g/mol. The first kappa shape index (κ1) is 20.0. The van der Waals surface area contributed by atoms with Crippen LogP contribution in [0, 0.1) is 23.7 Å². The van der Waals surface area contributed by atoms with E-state index in [9.17, 15) is 4.79 Å². The number of anilines is 2. The minimum absolute atomic E-state index is 0.00290. The molecule has 0 aliphatic rings. The zero-order valence-electron chi connectivity index (χ0n) is 16.9. The Morgan fingerprint density at radius 3 is 2.62 bits per heavy atom. The summed E-state index contributed by atoms with van der Waals surface area (Å²) >= 11 is 0. The molecule has 3 rings (SSSR count). The second-order valence-electron chi connectivity index (χ2n) is 7.85. The number of nitrogens with zero attached hydrogens (tertiary/aromatic N) is 5. The third kappa shape index (κ3) is 4.96. The molecule has 8 nitrogen and oxygen atoms in total. The van der Waals surface area contributed by atoms with Crippen molar-refractivity contribution >= 4 is 17.5 Å². The van der Waals surface area contributed by atoms with Gasteiger partial charge in [-0.1, -0.05) is 39.0 Å². The lowest BCUT2D eigenvalue weighted by molar-refractivity contribution is 0.102. The van der Waals surface area contributed by atoms with Crippen LogP contribution in [0.1, 0.15) is 42.6 Å². The van der Waals surface area contributed by atoms with Gasteiger partial charge in [-0.15, -0.1) is 0 Å². The molecule has 0 aliphatic heterocycles. The quantitative estimate of drug-likeness (QED) is 0.691. The first-order valence-corrected chi connectivity index (χ1v) is 9.21. The smallest absolute Gasteiger partial charge is 0.262 e. The highest BCUT2D eigenvalue weighted by Crippen LogP contribution is 2.21. The summed E-state index contributed by atoms with van der Waals surface area (Å²) in [5.74, 6) is 0.474. The van der Waals surface area contributed by atoms with Gasteiger partial charge in [-0.3, -0.25) is 4.79 Å². The molecule has 2 aromatic heterocycles. The topological polar surface area (TPSA) is 109 Å². The molecular formula is C21H23N7O. The van der Waals surface area contributed by atoms with Crippen molar-refractivity contribution in [2.45, 2.75) is 27.7 Å². The molecule has 0 saturated heterocycles. The third-order valence-electron chi connectivity index (χ3n) is 3.99. The van der Waals surface area contributed by atoms with Gasteiger partial charge >= 0.3 is 0 Å². The van der Waals surface area contributed by atoms with Crippen molar-refractivity contribution in [3.05, 3.63) is 59.7 Å². The highest BCUT2D eigenvalue weighted by molar-refractivity contribution is 6.07. The number of para-hydroxylation sites is 1. The van der Waals surface area contributed by atoms with Gasteiger partial charge in [-0.05, 0) is 24.5 Å². The SMILES string of the molecule is Cc1cc(NC(=O)c2cnc(C#N)nc2NCC(C)(C)C)n(-c2ccccc2)n1. The predicted octanol–water partition coefficient (Wildman–Crippen LogP) is 3.55. The molecule has 0 fully saturated rings. The Morgan fingerprint density at radius 2 is 1.97 bits per heavy atom. The van der Waals surface area contributed by atoms with Gasteiger partial charge in [0.25, 0.3) is 5.91 Å². The maximum Gasteiger partial charge on any atom is 0.262 e. The Balaban J connectivity index is 1.91. The van der Waals surface area contributed by atoms with Crippen molar-refractivity contribution in [2.24, 2.45) is 5.41 Å². The van der Waals surface area contributed by atoms with Crippen molar-refractivity contribution in [2.75, 3.05) is 17.2 Å². The first-order chi connectivity index (χ1) is 13.8. The molecule has 2 N–H and O–H groups in total. The van der Waals surface area contributed by atoms with Gasteiger partial charge in [0.2, 0.25) is 5.82 Å². The van der Waals surface area contributed by atoms with E-state index in [0.717, 1.165) is 11.4 Å². The molecule has 0 unspecified atom stereocenters. The molecule has 29 heavy (non-hydrogen) atoms. The van der Waals surface area contributed by atoms with Gasteiger partial charge in [-0.25, -0.2) is 14.6 Å². The summed E-state index contributed by atoms with van der Waals surface area (Å²) in [5, 5.41) is 19.6. The Bertz CT molecular complexity index is 1060. The fraction of sp³-hybridized carbons (Fsp3) is 0.286. The zero-order valence-corrected chi connectivity index (χ0v) is 16.9. The molecule has 0 spiro atoms. The Kier molecular flexibility index (Phi) is 5.59. The van der Waals surface area contributed by atoms with Crippen LogP contribution in [0.3, 0.4) is 0 Å². The van der Waals surface area contributed by atoms with Crippen molar-refractivity contribution in [3.8, 4) is 11.8 Å². The van der Waals surface area contributed by atoms with Gasteiger partial charge in [0.1, 0.15) is 23.3 Å². The number of nitrogens with one attached hydrogen (secondary N) is 2. The Morgan fingerprint density at radius 1 is 1.24 bits per heavy atom. The molecule has 1 amide bonds. The number of nitriles is 1. The zero-order chi connectivity index (χ0) is 21.0. The Labute approximate surface area is 169 Å². The van der Waals surface area contributed by atoms with E-state index in [0.29, 0.717) is 18.2 Å². The average Bonchev–Trinajstić information content (AvgIpc) is 3.06. The molecule has 0 aliphatic carbocycles. The number of aromatic nitrogens is 4. The van der Waals surface area contributed by atoms with Crippen LogP contribution < -0.4 is 10.6 Å². The minimum atomic E-state index is -0.386. The van der Waals surface area contributed by atoms with E-state index >= 15 is 0 Å². The fourth-order valence-corrected chi connectivity index (χ4v) is 2.62. The number of amides is 1. The summed E-state index contributed by atoms with van der Waals surface area (Å²) in [7, 11) is 0. The lowest BCUT2D eigenvalue weighted by Gasteiger charge is -2.20. The van der Waals surface area contributed by atoms with Gasteiger partial charge in [0.15, 0.2) is 0 Å². The summed E-state index contributed by atoms with van der Waals surface area (Å²) in [6.45, 7) is 8.63. The third-order valence-corrected chi connectivity index (χ3v) is 3.99. The van der Waals surface area contributed by atoms with Crippen LogP contribution in [0.4, 0.5) is 11.6 Å². The van der Waals surface area contributed by atoms with Gasteiger partial charge in [0, 0.05) is 18.8 Å². The normalized spacial score (nSPS) is 11.0. The maximum absolute atomic E-state index is 13.0. The minimum Gasteiger partial charge on any atom is -0.369 e. The molecule has 0 saturated carbocycles. The van der Waals surface area contributed by atoms with E-state index < -0.39 is 0 Å². The van der Waals surface area contributed by atoms with Gasteiger partial charge in [-0.2, -0.15) is 10.4 Å². The number of benzene rings is 1. The molecule has 0 atom stereocenters. The van der Waals surface area contributed by atoms with Crippen LogP contribution in [0.2, 0.25) is 0 Å². The molecule has 2 heterocycles. The van der Waals surface area contributed by atoms with Gasteiger partial charge in [0.05, 0.1) is 11.4 Å². The van der Waals surface area contributed by atoms with Crippen LogP contribution in [0.15, 0.2) is 42.6 Å². The van der Waals surface area contributed by atoms with Crippen LogP contribution in [0.25, 0.3) is 5.69 Å². The summed E-state index contributed by atoms with van der Waals surface area (Å²) in [4.78, 5) is 21.1. The van der Waals surface area contributed by atoms with Crippen molar-refractivity contribution in [1.29, 1.82) is 5.26 Å².